The van der Waals surface area contributed by atoms with Gasteiger partial charge in [-0.2, -0.15) is 4.31 Å². The number of halogens is 1. The smallest absolute Gasteiger partial charge is 0.243 e. The van der Waals surface area contributed by atoms with Crippen LogP contribution >= 0.6 is 15.9 Å². The fourth-order valence-corrected chi connectivity index (χ4v) is 5.68. The Kier molecular flexibility index (Phi) is 6.50. The summed E-state index contributed by atoms with van der Waals surface area (Å²) < 4.78 is 29.2. The summed E-state index contributed by atoms with van der Waals surface area (Å²) in [6, 6.07) is 19.3. The Morgan fingerprint density at radius 1 is 1.06 bits per heavy atom. The van der Waals surface area contributed by atoms with E-state index in [4.69, 9.17) is 0 Å². The standard InChI is InChI=1S/C23H22BrN3O3S/c24-18-8-10-20(11-9-18)31(29,30)27-14-12-17-5-1-2-7-21(17)22(27)15-23(28)26-16-19-6-3-4-13-25-19/h1-11,13,22H,12,14-16H2,(H,26,28). The number of carbonyl (C=O) groups excluding carboxylic acids is 1. The summed E-state index contributed by atoms with van der Waals surface area (Å²) in [5, 5.41) is 2.87. The Hall–Kier alpha value is -2.55. The van der Waals surface area contributed by atoms with E-state index in [1.165, 1.54) is 4.31 Å². The lowest BCUT2D eigenvalue weighted by Crippen LogP contribution is -2.42. The lowest BCUT2D eigenvalue weighted by atomic mass is 9.92. The third-order valence-corrected chi connectivity index (χ3v) is 7.81. The summed E-state index contributed by atoms with van der Waals surface area (Å²) in [4.78, 5) is 17.2. The first-order valence-corrected chi connectivity index (χ1v) is 12.2. The van der Waals surface area contributed by atoms with Gasteiger partial charge in [0.2, 0.25) is 15.9 Å². The van der Waals surface area contributed by atoms with Crippen LogP contribution in [0.2, 0.25) is 0 Å². The third kappa shape index (κ3) is 4.87. The highest BCUT2D eigenvalue weighted by Gasteiger charge is 2.37. The molecule has 0 radical (unpaired) electrons. The number of aromatic nitrogens is 1. The van der Waals surface area contributed by atoms with Gasteiger partial charge in [-0.15, -0.1) is 0 Å². The number of fused-ring (bicyclic) bond motifs is 1. The summed E-state index contributed by atoms with van der Waals surface area (Å²) in [6.07, 6.45) is 2.32. The van der Waals surface area contributed by atoms with Gasteiger partial charge in [0.25, 0.3) is 0 Å². The molecule has 1 aliphatic rings. The van der Waals surface area contributed by atoms with E-state index in [1.54, 1.807) is 30.5 Å². The van der Waals surface area contributed by atoms with Crippen LogP contribution in [0.25, 0.3) is 0 Å². The van der Waals surface area contributed by atoms with E-state index in [-0.39, 0.29) is 17.2 Å². The Morgan fingerprint density at radius 3 is 2.55 bits per heavy atom. The van der Waals surface area contributed by atoms with Gasteiger partial charge in [0.15, 0.2) is 0 Å². The van der Waals surface area contributed by atoms with E-state index in [1.807, 2.05) is 42.5 Å². The van der Waals surface area contributed by atoms with E-state index in [0.717, 1.165) is 21.3 Å². The van der Waals surface area contributed by atoms with E-state index >= 15 is 0 Å². The maximum atomic E-state index is 13.4. The Bertz CT molecular complexity index is 1170. The van der Waals surface area contributed by atoms with E-state index in [2.05, 4.69) is 26.2 Å². The van der Waals surface area contributed by atoms with Crippen molar-refractivity contribution < 1.29 is 13.2 Å². The van der Waals surface area contributed by atoms with Crippen LogP contribution < -0.4 is 5.32 Å². The highest BCUT2D eigenvalue weighted by Crippen LogP contribution is 2.36. The summed E-state index contributed by atoms with van der Waals surface area (Å²) in [7, 11) is -3.76. The van der Waals surface area contributed by atoms with Gasteiger partial charge in [-0.05, 0) is 53.9 Å². The maximum Gasteiger partial charge on any atom is 0.243 e. The van der Waals surface area contributed by atoms with Gasteiger partial charge in [0, 0.05) is 23.6 Å². The molecule has 31 heavy (non-hydrogen) atoms. The number of benzene rings is 2. The number of amides is 1. The molecular weight excluding hydrogens is 478 g/mol. The minimum Gasteiger partial charge on any atom is -0.350 e. The van der Waals surface area contributed by atoms with Crippen LogP contribution in [-0.4, -0.2) is 30.2 Å². The minimum absolute atomic E-state index is 0.0413. The van der Waals surface area contributed by atoms with Crippen LogP contribution in [0.4, 0.5) is 0 Å². The van der Waals surface area contributed by atoms with Gasteiger partial charge in [0.05, 0.1) is 23.2 Å². The number of nitrogens with zero attached hydrogens (tertiary/aromatic N) is 2. The lowest BCUT2D eigenvalue weighted by molar-refractivity contribution is -0.122. The van der Waals surface area contributed by atoms with Crippen molar-refractivity contribution in [2.24, 2.45) is 0 Å². The number of carbonyl (C=O) groups is 1. The molecule has 1 amide bonds. The Labute approximate surface area is 190 Å². The molecule has 0 saturated heterocycles. The largest absolute Gasteiger partial charge is 0.350 e. The molecule has 1 unspecified atom stereocenters. The summed E-state index contributed by atoms with van der Waals surface area (Å²) in [6.45, 7) is 0.626. The topological polar surface area (TPSA) is 79.4 Å². The first-order chi connectivity index (χ1) is 14.9. The lowest BCUT2D eigenvalue weighted by Gasteiger charge is -2.36. The zero-order valence-corrected chi connectivity index (χ0v) is 19.1. The van der Waals surface area contributed by atoms with Crippen molar-refractivity contribution in [3.63, 3.8) is 0 Å². The van der Waals surface area contributed by atoms with Crippen molar-refractivity contribution in [1.82, 2.24) is 14.6 Å². The van der Waals surface area contributed by atoms with Crippen molar-refractivity contribution in [2.45, 2.75) is 30.3 Å². The van der Waals surface area contributed by atoms with E-state index < -0.39 is 16.1 Å². The van der Waals surface area contributed by atoms with Crippen LogP contribution in [0.15, 0.2) is 82.3 Å². The Morgan fingerprint density at radius 2 is 1.81 bits per heavy atom. The molecule has 1 N–H and O–H groups in total. The van der Waals surface area contributed by atoms with Crippen molar-refractivity contribution in [1.29, 1.82) is 0 Å². The van der Waals surface area contributed by atoms with Crippen LogP contribution in [0.3, 0.4) is 0 Å². The highest BCUT2D eigenvalue weighted by molar-refractivity contribution is 9.10. The number of pyridine rings is 1. The molecule has 2 heterocycles. The molecule has 0 saturated carbocycles. The number of hydrogen-bond acceptors (Lipinski definition) is 4. The second kappa shape index (κ2) is 9.30. The molecule has 160 valence electrons. The predicted octanol–water partition coefficient (Wildman–Crippen LogP) is 3.84. The quantitative estimate of drug-likeness (QED) is 0.558. The second-order valence-corrected chi connectivity index (χ2v) is 10.1. The summed E-state index contributed by atoms with van der Waals surface area (Å²) >= 11 is 3.34. The SMILES string of the molecule is O=C(CC1c2ccccc2CCN1S(=O)(=O)c1ccc(Br)cc1)NCc1ccccn1. The predicted molar refractivity (Wildman–Crippen MR) is 122 cm³/mol. The zero-order valence-electron chi connectivity index (χ0n) is 16.7. The van der Waals surface area contributed by atoms with Crippen LogP contribution in [0, 0.1) is 0 Å². The van der Waals surface area contributed by atoms with Gasteiger partial charge in [-0.25, -0.2) is 8.42 Å². The average molecular weight is 500 g/mol. The van der Waals surface area contributed by atoms with Crippen molar-refractivity contribution in [2.75, 3.05) is 6.54 Å². The molecular formula is C23H22BrN3O3S. The van der Waals surface area contributed by atoms with Crippen LogP contribution in [-0.2, 0) is 27.8 Å². The molecule has 3 aromatic rings. The van der Waals surface area contributed by atoms with E-state index in [9.17, 15) is 13.2 Å². The Balaban J connectivity index is 1.60. The molecule has 0 spiro atoms. The minimum atomic E-state index is -3.76. The second-order valence-electron chi connectivity index (χ2n) is 7.34. The van der Waals surface area contributed by atoms with Crippen molar-refractivity contribution in [3.8, 4) is 0 Å². The summed E-state index contributed by atoms with van der Waals surface area (Å²) in [5.74, 6) is -0.219. The van der Waals surface area contributed by atoms with Crippen molar-refractivity contribution in [3.05, 3.63) is 94.2 Å². The maximum absolute atomic E-state index is 13.4. The van der Waals surface area contributed by atoms with Crippen molar-refractivity contribution >= 4 is 31.9 Å². The number of nitrogens with one attached hydrogen (secondary N) is 1. The average Bonchev–Trinajstić information content (AvgIpc) is 2.79. The van der Waals surface area contributed by atoms with Crippen LogP contribution in [0.5, 0.6) is 0 Å². The molecule has 4 rings (SSSR count). The van der Waals surface area contributed by atoms with Gasteiger partial charge >= 0.3 is 0 Å². The molecule has 0 fully saturated rings. The first-order valence-electron chi connectivity index (χ1n) is 9.97. The molecule has 0 aliphatic carbocycles. The molecule has 6 nitrogen and oxygen atoms in total. The molecule has 1 aliphatic heterocycles. The molecule has 1 aromatic heterocycles. The first kappa shape index (κ1) is 21.7. The van der Waals surface area contributed by atoms with Gasteiger partial charge < -0.3 is 5.32 Å². The molecule has 0 bridgehead atoms. The van der Waals surface area contributed by atoms with Gasteiger partial charge in [0.1, 0.15) is 0 Å². The molecule has 2 aromatic carbocycles. The number of hydrogen-bond donors (Lipinski definition) is 1. The fourth-order valence-electron chi connectivity index (χ4n) is 3.81. The van der Waals surface area contributed by atoms with Gasteiger partial charge in [-0.3, -0.25) is 9.78 Å². The number of sulfonamides is 1. The van der Waals surface area contributed by atoms with Crippen LogP contribution in [0.1, 0.15) is 29.3 Å². The zero-order chi connectivity index (χ0) is 21.8. The van der Waals surface area contributed by atoms with Gasteiger partial charge in [-0.1, -0.05) is 46.3 Å². The molecule has 1 atom stereocenters. The monoisotopic (exact) mass is 499 g/mol. The normalized spacial score (nSPS) is 16.5. The third-order valence-electron chi connectivity index (χ3n) is 5.36. The summed E-state index contributed by atoms with van der Waals surface area (Å²) in [5.41, 5.74) is 2.70. The highest BCUT2D eigenvalue weighted by atomic mass is 79.9. The number of rotatable bonds is 6. The van der Waals surface area contributed by atoms with E-state index in [0.29, 0.717) is 19.5 Å². The fraction of sp³-hybridized carbons (Fsp3) is 0.217. The molecule has 8 heteroatoms.